The standard InChI is InChI=1S/C91H150O17P2/c1-5-9-13-17-21-25-29-33-37-40-42-45-48-51-55-59-63-67-71-75-88(93)101-81-86(107-90(95)77-73-69-65-61-57-53-47-36-32-28-24-20-16-12-8-4)83-105-109(97,98)103-79-85(92)80-104-110(99,100)106-84-87(108-91(96)78-74-70-66-62-58-54-50-44-39-35-31-27-23-19-15-11-7-3)82-102-89(94)76-72-68-64-60-56-52-49-46-43-41-38-34-30-26-22-18-14-10-6-2/h9,11-13,15-16,21-28,33-39,42-43,45-47,50,54,85-87,92H,5-8,10,14,17-20,29-32,40-41,44,48-49,51-53,55-84H2,1-4H3,(H,97,98)(H,99,100)/b13-9-,15-11-,16-12-,25-21-,26-22-,27-23-,28-24-,37-33-,38-34-,39-35-,45-42-,46-43-,47-36-,54-50-. The summed E-state index contributed by atoms with van der Waals surface area (Å²) in [5, 5.41) is 10.7. The minimum Gasteiger partial charge on any atom is -0.462 e. The second-order valence-corrected chi connectivity index (χ2v) is 30.5. The molecule has 3 N–H and O–H groups in total. The van der Waals surface area contributed by atoms with Gasteiger partial charge in [-0.2, -0.15) is 0 Å². The molecule has 0 heterocycles. The van der Waals surface area contributed by atoms with Gasteiger partial charge in [0.15, 0.2) is 12.2 Å². The van der Waals surface area contributed by atoms with Gasteiger partial charge in [0.25, 0.3) is 0 Å². The first-order chi connectivity index (χ1) is 53.7. The number of ether oxygens (including phenoxy) is 4. The molecule has 110 heavy (non-hydrogen) atoms. The number of hydrogen-bond donors (Lipinski definition) is 3. The maximum atomic E-state index is 13.1. The van der Waals surface area contributed by atoms with Crippen molar-refractivity contribution in [2.24, 2.45) is 0 Å². The Labute approximate surface area is 667 Å². The molecule has 0 saturated heterocycles. The summed E-state index contributed by atoms with van der Waals surface area (Å²) in [7, 11) is -10.0. The van der Waals surface area contributed by atoms with E-state index in [9.17, 15) is 43.2 Å². The van der Waals surface area contributed by atoms with Gasteiger partial charge >= 0.3 is 39.5 Å². The van der Waals surface area contributed by atoms with E-state index in [1.165, 1.54) is 19.3 Å². The maximum absolute atomic E-state index is 13.1. The molecule has 0 aliphatic rings. The zero-order chi connectivity index (χ0) is 80.3. The van der Waals surface area contributed by atoms with Crippen LogP contribution >= 0.6 is 15.6 Å². The van der Waals surface area contributed by atoms with E-state index in [2.05, 4.69) is 198 Å². The average molecular weight is 1580 g/mol. The van der Waals surface area contributed by atoms with Crippen LogP contribution in [0.4, 0.5) is 0 Å². The largest absolute Gasteiger partial charge is 0.472 e. The van der Waals surface area contributed by atoms with Crippen molar-refractivity contribution in [3.05, 3.63) is 170 Å². The van der Waals surface area contributed by atoms with E-state index in [-0.39, 0.29) is 25.7 Å². The molecule has 0 bridgehead atoms. The summed E-state index contributed by atoms with van der Waals surface area (Å²) in [6, 6.07) is 0. The maximum Gasteiger partial charge on any atom is 0.472 e. The predicted octanol–water partition coefficient (Wildman–Crippen LogP) is 25.3. The van der Waals surface area contributed by atoms with Gasteiger partial charge in [0.2, 0.25) is 0 Å². The van der Waals surface area contributed by atoms with Crippen LogP contribution in [0.1, 0.15) is 323 Å². The fourth-order valence-electron chi connectivity index (χ4n) is 10.8. The topological polar surface area (TPSA) is 237 Å². The van der Waals surface area contributed by atoms with Gasteiger partial charge in [-0.1, -0.05) is 294 Å². The zero-order valence-electron chi connectivity index (χ0n) is 68.6. The molecule has 0 saturated carbocycles. The molecule has 0 rings (SSSR count). The van der Waals surface area contributed by atoms with Crippen molar-refractivity contribution in [3.63, 3.8) is 0 Å². The predicted molar refractivity (Wildman–Crippen MR) is 454 cm³/mol. The lowest BCUT2D eigenvalue weighted by atomic mass is 10.1. The van der Waals surface area contributed by atoms with Gasteiger partial charge in [-0.05, 0) is 173 Å². The van der Waals surface area contributed by atoms with Crippen molar-refractivity contribution in [2.45, 2.75) is 341 Å². The van der Waals surface area contributed by atoms with E-state index >= 15 is 0 Å². The third kappa shape index (κ3) is 80.5. The van der Waals surface area contributed by atoms with E-state index in [0.717, 1.165) is 225 Å². The quantitative estimate of drug-likeness (QED) is 0.0169. The Morgan fingerprint density at radius 2 is 0.473 bits per heavy atom. The summed E-state index contributed by atoms with van der Waals surface area (Å²) >= 11 is 0. The number of carbonyl (C=O) groups is 4. The number of phosphoric ester groups is 2. The molecule has 0 amide bonds. The summed E-state index contributed by atoms with van der Waals surface area (Å²) < 4.78 is 68.8. The molecular formula is C91H150O17P2. The second-order valence-electron chi connectivity index (χ2n) is 27.6. The normalized spacial score (nSPS) is 14.6. The van der Waals surface area contributed by atoms with E-state index in [0.29, 0.717) is 25.7 Å². The van der Waals surface area contributed by atoms with Crippen molar-refractivity contribution in [1.82, 2.24) is 0 Å². The lowest BCUT2D eigenvalue weighted by Gasteiger charge is -2.21. The first-order valence-corrected chi connectivity index (χ1v) is 45.4. The van der Waals surface area contributed by atoms with Crippen molar-refractivity contribution in [1.29, 1.82) is 0 Å². The number of phosphoric acid groups is 2. The molecule has 0 aliphatic heterocycles. The van der Waals surface area contributed by atoms with Gasteiger partial charge < -0.3 is 33.8 Å². The first-order valence-electron chi connectivity index (χ1n) is 42.4. The lowest BCUT2D eigenvalue weighted by molar-refractivity contribution is -0.161. The van der Waals surface area contributed by atoms with Gasteiger partial charge in [0.1, 0.15) is 19.3 Å². The Hall–Kier alpha value is -5.58. The third-order valence-corrected chi connectivity index (χ3v) is 19.1. The SMILES string of the molecule is CC/C=C\C/C=C\C/C=C\C/C=C\CCCCCCCCC(=O)OCC(COP(=O)(O)OCC(O)COP(=O)(O)OCC(COC(=O)CCCCCCCC/C=C\C/C=C\C/C=C\CCCCC)OC(=O)CCCCCC/C=C\C/C=C\C/C=C\C/C=C\CC)OC(=O)CCCCCCC/C=C\C/C=C\C/C=C\CC. The zero-order valence-corrected chi connectivity index (χ0v) is 70.4. The molecule has 17 nitrogen and oxygen atoms in total. The number of aliphatic hydroxyl groups excluding tert-OH is 1. The smallest absolute Gasteiger partial charge is 0.462 e. The summed E-state index contributed by atoms with van der Waals surface area (Å²) in [6.07, 6.45) is 97.4. The number of unbranched alkanes of at least 4 members (excludes halogenated alkanes) is 24. The molecule has 0 aromatic heterocycles. The van der Waals surface area contributed by atoms with Crippen LogP contribution in [0.2, 0.25) is 0 Å². The van der Waals surface area contributed by atoms with E-state index in [1.54, 1.807) is 0 Å². The van der Waals surface area contributed by atoms with Crippen molar-refractivity contribution in [3.8, 4) is 0 Å². The minimum absolute atomic E-state index is 0.0580. The number of carbonyl (C=O) groups excluding carboxylic acids is 4. The molecule has 0 aliphatic carbocycles. The van der Waals surface area contributed by atoms with Gasteiger partial charge in [-0.25, -0.2) is 9.13 Å². The Bertz CT molecular complexity index is 2750. The highest BCUT2D eigenvalue weighted by atomic mass is 31.2. The van der Waals surface area contributed by atoms with Crippen molar-refractivity contribution < 1.29 is 80.2 Å². The number of hydrogen-bond acceptors (Lipinski definition) is 15. The Morgan fingerprint density at radius 1 is 0.264 bits per heavy atom. The number of allylic oxidation sites excluding steroid dienone is 28. The summed E-state index contributed by atoms with van der Waals surface area (Å²) in [6.45, 7) is 4.45. The fourth-order valence-corrected chi connectivity index (χ4v) is 12.4. The Morgan fingerprint density at radius 3 is 0.727 bits per heavy atom. The van der Waals surface area contributed by atoms with Gasteiger partial charge in [0.05, 0.1) is 26.4 Å². The molecule has 626 valence electrons. The monoisotopic (exact) mass is 1580 g/mol. The molecule has 5 atom stereocenters. The molecule has 5 unspecified atom stereocenters. The van der Waals surface area contributed by atoms with Crippen LogP contribution in [0, 0.1) is 0 Å². The second kappa shape index (κ2) is 81.4. The fraction of sp³-hybridized carbons (Fsp3) is 0.648. The van der Waals surface area contributed by atoms with Crippen molar-refractivity contribution in [2.75, 3.05) is 39.6 Å². The summed E-state index contributed by atoms with van der Waals surface area (Å²) in [4.78, 5) is 73.3. The molecule has 0 aromatic carbocycles. The Kier molecular flexibility index (Phi) is 77.3. The van der Waals surface area contributed by atoms with Crippen LogP contribution in [0.25, 0.3) is 0 Å². The molecule has 0 aromatic rings. The first kappa shape index (κ1) is 104. The molecule has 0 radical (unpaired) electrons. The highest BCUT2D eigenvalue weighted by molar-refractivity contribution is 7.47. The van der Waals surface area contributed by atoms with E-state index < -0.39 is 97.5 Å². The van der Waals surface area contributed by atoms with Crippen LogP contribution in [0.5, 0.6) is 0 Å². The van der Waals surface area contributed by atoms with Crippen LogP contribution in [-0.2, 0) is 65.4 Å². The average Bonchev–Trinajstić information content (AvgIpc) is 0.899. The van der Waals surface area contributed by atoms with Crippen LogP contribution in [0.15, 0.2) is 170 Å². The van der Waals surface area contributed by atoms with Gasteiger partial charge in [0, 0.05) is 25.7 Å². The van der Waals surface area contributed by atoms with Crippen molar-refractivity contribution >= 4 is 39.5 Å². The summed E-state index contributed by atoms with van der Waals surface area (Å²) in [5.41, 5.74) is 0. The van der Waals surface area contributed by atoms with E-state index in [1.807, 2.05) is 0 Å². The molecule has 0 fully saturated rings. The number of esters is 4. The van der Waals surface area contributed by atoms with E-state index in [4.69, 9.17) is 37.0 Å². The molecule has 19 heteroatoms. The van der Waals surface area contributed by atoms with Crippen LogP contribution in [0.3, 0.4) is 0 Å². The number of aliphatic hydroxyl groups is 1. The minimum atomic E-state index is -5.00. The van der Waals surface area contributed by atoms with Crippen LogP contribution in [-0.4, -0.2) is 96.7 Å². The third-order valence-electron chi connectivity index (χ3n) is 17.2. The molecule has 0 spiro atoms. The lowest BCUT2D eigenvalue weighted by Crippen LogP contribution is -2.30. The number of rotatable bonds is 78. The highest BCUT2D eigenvalue weighted by Gasteiger charge is 2.30. The summed E-state index contributed by atoms with van der Waals surface area (Å²) in [5.74, 6) is -2.25. The van der Waals surface area contributed by atoms with Gasteiger partial charge in [-0.3, -0.25) is 37.3 Å². The highest BCUT2D eigenvalue weighted by Crippen LogP contribution is 2.45. The Balaban J connectivity index is 5.44. The van der Waals surface area contributed by atoms with Crippen LogP contribution < -0.4 is 0 Å². The van der Waals surface area contributed by atoms with Gasteiger partial charge in [-0.15, -0.1) is 0 Å². The molecular weight excluding hydrogens is 1430 g/mol.